The van der Waals surface area contributed by atoms with E-state index >= 15 is 0 Å². The number of hydrogen-bond acceptors (Lipinski definition) is 3. The van der Waals surface area contributed by atoms with Gasteiger partial charge >= 0.3 is 0 Å². The number of nitrogens with zero attached hydrogens (tertiary/aromatic N) is 1. The number of carbonyl (C=O) groups excluding carboxylic acids is 2. The van der Waals surface area contributed by atoms with Crippen LogP contribution in [0.1, 0.15) is 20.8 Å². The second-order valence-electron chi connectivity index (χ2n) is 5.17. The summed E-state index contributed by atoms with van der Waals surface area (Å²) in [5.41, 5.74) is -0.242. The quantitative estimate of drug-likeness (QED) is 0.864. The molecule has 0 fully saturated rings. The lowest BCUT2D eigenvalue weighted by Gasteiger charge is -2.19. The van der Waals surface area contributed by atoms with Crippen LogP contribution in [-0.2, 0) is 9.59 Å². The molecule has 1 rings (SSSR count). The molecule has 1 amide bonds. The van der Waals surface area contributed by atoms with Crippen molar-refractivity contribution in [2.75, 3.05) is 5.32 Å². The van der Waals surface area contributed by atoms with Crippen molar-refractivity contribution in [3.63, 3.8) is 0 Å². The van der Waals surface area contributed by atoms with Crippen LogP contribution in [0.2, 0.25) is 5.02 Å². The fourth-order valence-corrected chi connectivity index (χ4v) is 1.54. The molecule has 19 heavy (non-hydrogen) atoms. The average Bonchev–Trinajstić information content (AvgIpc) is 2.31. The maximum absolute atomic E-state index is 12.0. The minimum absolute atomic E-state index is 0.401. The summed E-state index contributed by atoms with van der Waals surface area (Å²) < 4.78 is 0. The molecular formula is C14H15ClN2O2. The predicted octanol–water partition coefficient (Wildman–Crippen LogP) is 3.03. The van der Waals surface area contributed by atoms with Crippen LogP contribution in [0.25, 0.3) is 0 Å². The summed E-state index contributed by atoms with van der Waals surface area (Å²) in [4.78, 5) is 23.9. The largest absolute Gasteiger partial charge is 0.325 e. The fourth-order valence-electron chi connectivity index (χ4n) is 1.42. The number of nitriles is 1. The van der Waals surface area contributed by atoms with Gasteiger partial charge in [-0.1, -0.05) is 32.4 Å². The van der Waals surface area contributed by atoms with E-state index in [1.807, 2.05) is 0 Å². The number of nitrogens with one attached hydrogen (secondary N) is 1. The molecule has 1 aromatic carbocycles. The van der Waals surface area contributed by atoms with Crippen molar-refractivity contribution in [3.8, 4) is 6.07 Å². The molecule has 0 aliphatic carbocycles. The Morgan fingerprint density at radius 2 is 1.79 bits per heavy atom. The van der Waals surface area contributed by atoms with Crippen LogP contribution in [0.4, 0.5) is 5.69 Å². The number of hydrogen-bond donors (Lipinski definition) is 1. The lowest BCUT2D eigenvalue weighted by molar-refractivity contribution is -0.134. The van der Waals surface area contributed by atoms with E-state index in [2.05, 4.69) is 5.32 Å². The zero-order valence-electron chi connectivity index (χ0n) is 11.0. The smallest absolute Gasteiger partial charge is 0.249 e. The van der Waals surface area contributed by atoms with Gasteiger partial charge in [0.15, 0.2) is 11.7 Å². The van der Waals surface area contributed by atoms with Crippen LogP contribution in [0.3, 0.4) is 0 Å². The molecule has 5 heteroatoms. The molecule has 0 aliphatic rings. The van der Waals surface area contributed by atoms with Gasteiger partial charge in [-0.15, -0.1) is 0 Å². The van der Waals surface area contributed by atoms with Crippen molar-refractivity contribution >= 4 is 29.0 Å². The van der Waals surface area contributed by atoms with Gasteiger partial charge in [-0.2, -0.15) is 5.26 Å². The first-order valence-electron chi connectivity index (χ1n) is 5.76. The molecule has 0 unspecified atom stereocenters. The van der Waals surface area contributed by atoms with E-state index < -0.39 is 23.0 Å². The first-order valence-corrected chi connectivity index (χ1v) is 6.14. The van der Waals surface area contributed by atoms with Gasteiger partial charge in [-0.3, -0.25) is 9.59 Å². The maximum Gasteiger partial charge on any atom is 0.249 e. The number of ketones is 1. The van der Waals surface area contributed by atoms with E-state index in [9.17, 15) is 9.59 Å². The van der Waals surface area contributed by atoms with Gasteiger partial charge in [0.25, 0.3) is 0 Å². The zero-order chi connectivity index (χ0) is 14.6. The molecular weight excluding hydrogens is 264 g/mol. The van der Waals surface area contributed by atoms with Crippen molar-refractivity contribution in [2.45, 2.75) is 20.8 Å². The highest BCUT2D eigenvalue weighted by Crippen LogP contribution is 2.21. The molecule has 1 aromatic rings. The van der Waals surface area contributed by atoms with E-state index in [0.29, 0.717) is 10.7 Å². The number of benzene rings is 1. The molecule has 0 saturated carbocycles. The fraction of sp³-hybridized carbons (Fsp3) is 0.357. The van der Waals surface area contributed by atoms with Crippen molar-refractivity contribution in [1.82, 2.24) is 0 Å². The Labute approximate surface area is 117 Å². The summed E-state index contributed by atoms with van der Waals surface area (Å²) in [6.45, 7) is 5.03. The van der Waals surface area contributed by atoms with Gasteiger partial charge in [0.2, 0.25) is 5.91 Å². The summed E-state index contributed by atoms with van der Waals surface area (Å²) in [5.74, 6) is -2.33. The molecule has 0 heterocycles. The second-order valence-corrected chi connectivity index (χ2v) is 5.61. The summed E-state index contributed by atoms with van der Waals surface area (Å²) in [7, 11) is 0. The highest BCUT2D eigenvalue weighted by molar-refractivity contribution is 6.30. The topological polar surface area (TPSA) is 70.0 Å². The van der Waals surface area contributed by atoms with E-state index in [1.54, 1.807) is 51.1 Å². The summed E-state index contributed by atoms with van der Waals surface area (Å²) in [5, 5.41) is 12.1. The van der Waals surface area contributed by atoms with Gasteiger partial charge in [0.05, 0.1) is 6.07 Å². The number of Topliss-reactive ketones (excluding diaryl/α,β-unsaturated/α-hetero) is 1. The van der Waals surface area contributed by atoms with Crippen LogP contribution in [0.5, 0.6) is 0 Å². The monoisotopic (exact) mass is 278 g/mol. The van der Waals surface area contributed by atoms with Gasteiger partial charge in [-0.25, -0.2) is 0 Å². The summed E-state index contributed by atoms with van der Waals surface area (Å²) in [6, 6.07) is 8.20. The molecule has 0 bridgehead atoms. The molecule has 4 nitrogen and oxygen atoms in total. The van der Waals surface area contributed by atoms with Crippen LogP contribution >= 0.6 is 11.6 Å². The van der Waals surface area contributed by atoms with E-state index in [0.717, 1.165) is 0 Å². The van der Waals surface area contributed by atoms with Crippen molar-refractivity contribution in [2.24, 2.45) is 11.3 Å². The van der Waals surface area contributed by atoms with Crippen molar-refractivity contribution < 1.29 is 9.59 Å². The van der Waals surface area contributed by atoms with Crippen LogP contribution in [0, 0.1) is 22.7 Å². The van der Waals surface area contributed by atoms with Crippen molar-refractivity contribution in [3.05, 3.63) is 29.3 Å². The molecule has 0 aliphatic heterocycles. The number of halogens is 1. The number of rotatable bonds is 3. The Kier molecular flexibility index (Phi) is 4.68. The lowest BCUT2D eigenvalue weighted by Crippen LogP contribution is -2.35. The minimum atomic E-state index is -1.31. The second kappa shape index (κ2) is 5.85. The molecule has 1 N–H and O–H groups in total. The van der Waals surface area contributed by atoms with E-state index in [4.69, 9.17) is 16.9 Å². The highest BCUT2D eigenvalue weighted by atomic mass is 35.5. The average molecular weight is 279 g/mol. The molecule has 0 saturated heterocycles. The zero-order valence-corrected chi connectivity index (χ0v) is 11.8. The summed E-state index contributed by atoms with van der Waals surface area (Å²) >= 11 is 5.73. The van der Waals surface area contributed by atoms with Gasteiger partial charge in [-0.05, 0) is 24.3 Å². The first-order chi connectivity index (χ1) is 8.75. The highest BCUT2D eigenvalue weighted by Gasteiger charge is 2.34. The predicted molar refractivity (Wildman–Crippen MR) is 73.6 cm³/mol. The summed E-state index contributed by atoms with van der Waals surface area (Å²) in [6.07, 6.45) is 0. The van der Waals surface area contributed by atoms with Gasteiger partial charge in [0, 0.05) is 16.1 Å². The molecule has 0 spiro atoms. The van der Waals surface area contributed by atoms with Crippen molar-refractivity contribution in [1.29, 1.82) is 5.26 Å². The Hall–Kier alpha value is -1.86. The van der Waals surface area contributed by atoms with E-state index in [1.165, 1.54) is 0 Å². The Morgan fingerprint density at radius 1 is 1.26 bits per heavy atom. The molecule has 0 radical (unpaired) electrons. The van der Waals surface area contributed by atoms with E-state index in [-0.39, 0.29) is 0 Å². The molecule has 100 valence electrons. The Balaban J connectivity index is 2.84. The lowest BCUT2D eigenvalue weighted by atomic mass is 9.83. The molecule has 1 atom stereocenters. The third-order valence-corrected chi connectivity index (χ3v) is 2.76. The van der Waals surface area contributed by atoms with Crippen LogP contribution in [0.15, 0.2) is 24.3 Å². The van der Waals surface area contributed by atoms with Gasteiger partial charge < -0.3 is 5.32 Å². The van der Waals surface area contributed by atoms with Crippen LogP contribution < -0.4 is 5.32 Å². The SMILES string of the molecule is CC(C)(C)C(=O)[C@H](C#N)C(=O)Nc1ccc(Cl)cc1. The third-order valence-electron chi connectivity index (χ3n) is 2.50. The normalized spacial score (nSPS) is 12.4. The third kappa shape index (κ3) is 4.08. The number of anilines is 1. The number of carbonyl (C=O) groups is 2. The minimum Gasteiger partial charge on any atom is -0.325 e. The van der Waals surface area contributed by atoms with Crippen LogP contribution in [-0.4, -0.2) is 11.7 Å². The molecule has 0 aromatic heterocycles. The Morgan fingerprint density at radius 3 is 2.21 bits per heavy atom. The Bertz CT molecular complexity index is 524. The van der Waals surface area contributed by atoms with Gasteiger partial charge in [0.1, 0.15) is 0 Å². The number of amides is 1. The first kappa shape index (κ1) is 15.2. The standard InChI is InChI=1S/C14H15ClN2O2/c1-14(2,3)12(18)11(8-16)13(19)17-10-6-4-9(15)5-7-10/h4-7,11H,1-3H3,(H,17,19)/t11-/m0/s1. The maximum atomic E-state index is 12.0.